The molecule has 0 saturated carbocycles. The van der Waals surface area contributed by atoms with E-state index in [1.807, 2.05) is 0 Å². The van der Waals surface area contributed by atoms with Crippen molar-refractivity contribution in [3.8, 4) is 17.2 Å². The maximum atomic E-state index is 14.3. The molecule has 0 aliphatic carbocycles. The van der Waals surface area contributed by atoms with Crippen molar-refractivity contribution in [2.24, 2.45) is 0 Å². The minimum atomic E-state index is -0.632. The Labute approximate surface area is 190 Å². The normalized spacial score (nSPS) is 10.6. The third-order valence-corrected chi connectivity index (χ3v) is 4.77. The molecule has 12 heteroatoms. The first kappa shape index (κ1) is 21.8. The second kappa shape index (κ2) is 9.01. The Bertz CT molecular complexity index is 1360. The summed E-state index contributed by atoms with van der Waals surface area (Å²) in [4.78, 5) is 23.2. The molecule has 0 fully saturated rings. The first-order valence-corrected chi connectivity index (χ1v) is 9.78. The number of nitro groups is 1. The van der Waals surface area contributed by atoms with Crippen LogP contribution in [0.2, 0.25) is 5.02 Å². The number of aromatic nitrogens is 4. The largest absolute Gasteiger partial charge is 0.450 e. The van der Waals surface area contributed by atoms with Crippen molar-refractivity contribution in [2.45, 2.75) is 6.92 Å². The molecule has 1 amide bonds. The van der Waals surface area contributed by atoms with Gasteiger partial charge in [-0.3, -0.25) is 14.9 Å². The van der Waals surface area contributed by atoms with E-state index in [9.17, 15) is 19.3 Å². The van der Waals surface area contributed by atoms with Crippen molar-refractivity contribution in [2.75, 3.05) is 5.32 Å². The number of halogens is 2. The lowest BCUT2D eigenvalue weighted by molar-refractivity contribution is -0.385. The molecule has 1 N–H and O–H groups in total. The second-order valence-electron chi connectivity index (χ2n) is 6.75. The number of carbonyl (C=O) groups excluding carboxylic acids is 1. The lowest BCUT2D eigenvalue weighted by atomic mass is 10.2. The van der Waals surface area contributed by atoms with Crippen molar-refractivity contribution in [1.82, 2.24) is 20.2 Å². The topological polar surface area (TPSA) is 125 Å². The number of tetrazole rings is 1. The van der Waals surface area contributed by atoms with Gasteiger partial charge in [0.15, 0.2) is 5.82 Å². The molecule has 3 aromatic carbocycles. The summed E-state index contributed by atoms with van der Waals surface area (Å²) >= 11 is 5.80. The number of hydrogen-bond acceptors (Lipinski definition) is 7. The zero-order valence-electron chi connectivity index (χ0n) is 16.9. The maximum Gasteiger partial charge on any atom is 0.313 e. The van der Waals surface area contributed by atoms with E-state index in [2.05, 4.69) is 20.8 Å². The highest BCUT2D eigenvalue weighted by Crippen LogP contribution is 2.33. The molecule has 0 radical (unpaired) electrons. The highest BCUT2D eigenvalue weighted by molar-refractivity contribution is 6.30. The number of ether oxygens (including phenoxy) is 1. The molecule has 1 aromatic heterocycles. The van der Waals surface area contributed by atoms with E-state index >= 15 is 0 Å². The second-order valence-corrected chi connectivity index (χ2v) is 7.19. The average Bonchev–Trinajstić information content (AvgIpc) is 3.22. The Hall–Kier alpha value is -4.38. The summed E-state index contributed by atoms with van der Waals surface area (Å²) in [7, 11) is 0. The zero-order valence-corrected chi connectivity index (χ0v) is 17.7. The summed E-state index contributed by atoms with van der Waals surface area (Å²) in [6.07, 6.45) is 0. The van der Waals surface area contributed by atoms with Crippen LogP contribution in [0.3, 0.4) is 0 Å². The number of amides is 1. The van der Waals surface area contributed by atoms with Crippen LogP contribution in [-0.2, 0) is 0 Å². The standard InChI is InChI=1S/C21H14ClFN6O4/c1-12-25-26-27-28(12)15-5-8-17(23)18(11-15)24-21(30)13-2-6-16(7-3-13)33-20-9-4-14(22)10-19(20)29(31)32/h2-11H,1H3,(H,24,30). The number of aryl methyl sites for hydroxylation is 1. The average molecular weight is 469 g/mol. The lowest BCUT2D eigenvalue weighted by Gasteiger charge is -2.10. The van der Waals surface area contributed by atoms with Crippen LogP contribution in [0.15, 0.2) is 60.7 Å². The molecule has 166 valence electrons. The van der Waals surface area contributed by atoms with Gasteiger partial charge in [-0.2, -0.15) is 4.68 Å². The number of benzene rings is 3. The number of nitrogens with zero attached hydrogens (tertiary/aromatic N) is 5. The van der Waals surface area contributed by atoms with Crippen molar-refractivity contribution in [1.29, 1.82) is 0 Å². The maximum absolute atomic E-state index is 14.3. The van der Waals surface area contributed by atoms with Gasteiger partial charge >= 0.3 is 5.69 Å². The van der Waals surface area contributed by atoms with Crippen LogP contribution in [0.25, 0.3) is 5.69 Å². The zero-order chi connectivity index (χ0) is 23.5. The number of nitro benzene ring substituents is 1. The van der Waals surface area contributed by atoms with Crippen LogP contribution in [-0.4, -0.2) is 31.0 Å². The first-order valence-electron chi connectivity index (χ1n) is 9.40. The summed E-state index contributed by atoms with van der Waals surface area (Å²) in [6.45, 7) is 1.68. The SMILES string of the molecule is Cc1nnnn1-c1ccc(F)c(NC(=O)c2ccc(Oc3ccc(Cl)cc3[N+](=O)[O-])cc2)c1. The molecule has 0 unspecified atom stereocenters. The van der Waals surface area contributed by atoms with E-state index in [0.29, 0.717) is 11.5 Å². The summed E-state index contributed by atoms with van der Waals surface area (Å²) in [5, 5.41) is 25.0. The molecular weight excluding hydrogens is 455 g/mol. The van der Waals surface area contributed by atoms with Crippen molar-refractivity contribution in [3.05, 3.63) is 93.0 Å². The molecule has 0 bridgehead atoms. The van der Waals surface area contributed by atoms with E-state index in [1.165, 1.54) is 65.3 Å². The van der Waals surface area contributed by atoms with Crippen LogP contribution < -0.4 is 10.1 Å². The Morgan fingerprint density at radius 3 is 2.58 bits per heavy atom. The van der Waals surface area contributed by atoms with Crippen LogP contribution in [0.1, 0.15) is 16.2 Å². The summed E-state index contributed by atoms with van der Waals surface area (Å²) in [5.74, 6) is -0.440. The van der Waals surface area contributed by atoms with Gasteiger partial charge < -0.3 is 10.1 Å². The molecule has 0 aliphatic rings. The Kier molecular flexibility index (Phi) is 5.96. The molecule has 33 heavy (non-hydrogen) atoms. The van der Waals surface area contributed by atoms with Crippen molar-refractivity contribution >= 4 is 28.9 Å². The lowest BCUT2D eigenvalue weighted by Crippen LogP contribution is -2.13. The predicted octanol–water partition coefficient (Wildman–Crippen LogP) is 4.72. The third kappa shape index (κ3) is 4.77. The fourth-order valence-corrected chi connectivity index (χ4v) is 3.09. The smallest absolute Gasteiger partial charge is 0.313 e. The first-order chi connectivity index (χ1) is 15.8. The fraction of sp³-hybridized carbons (Fsp3) is 0.0476. The third-order valence-electron chi connectivity index (χ3n) is 4.53. The highest BCUT2D eigenvalue weighted by Gasteiger charge is 2.17. The molecule has 10 nitrogen and oxygen atoms in total. The molecule has 0 saturated heterocycles. The monoisotopic (exact) mass is 468 g/mol. The predicted molar refractivity (Wildman–Crippen MR) is 116 cm³/mol. The van der Waals surface area contributed by atoms with Gasteiger partial charge in [0, 0.05) is 16.7 Å². The highest BCUT2D eigenvalue weighted by atomic mass is 35.5. The van der Waals surface area contributed by atoms with E-state index in [-0.39, 0.29) is 33.5 Å². The number of rotatable bonds is 6. The van der Waals surface area contributed by atoms with Gasteiger partial charge in [0.1, 0.15) is 11.6 Å². The summed E-state index contributed by atoms with van der Waals surface area (Å²) < 4.78 is 21.2. The van der Waals surface area contributed by atoms with E-state index < -0.39 is 16.6 Å². The van der Waals surface area contributed by atoms with E-state index in [4.69, 9.17) is 16.3 Å². The van der Waals surface area contributed by atoms with Gasteiger partial charge in [0.05, 0.1) is 16.3 Å². The number of anilines is 1. The van der Waals surface area contributed by atoms with E-state index in [1.54, 1.807) is 6.92 Å². The Morgan fingerprint density at radius 1 is 1.15 bits per heavy atom. The Morgan fingerprint density at radius 2 is 1.91 bits per heavy atom. The van der Waals surface area contributed by atoms with Gasteiger partial charge in [-0.15, -0.1) is 5.10 Å². The molecule has 0 spiro atoms. The summed E-state index contributed by atoms with van der Waals surface area (Å²) in [6, 6.07) is 13.9. The Balaban J connectivity index is 1.51. The minimum absolute atomic E-state index is 0.00150. The van der Waals surface area contributed by atoms with E-state index in [0.717, 1.165) is 0 Å². The van der Waals surface area contributed by atoms with Crippen LogP contribution in [0.5, 0.6) is 11.5 Å². The van der Waals surface area contributed by atoms with Crippen molar-refractivity contribution < 1.29 is 18.8 Å². The molecule has 0 atom stereocenters. The molecule has 0 aliphatic heterocycles. The number of hydrogen-bond donors (Lipinski definition) is 1. The molecule has 4 rings (SSSR count). The van der Waals surface area contributed by atoms with Crippen LogP contribution in [0, 0.1) is 22.9 Å². The molecule has 4 aromatic rings. The van der Waals surface area contributed by atoms with Gasteiger partial charge in [0.25, 0.3) is 5.91 Å². The number of nitrogens with one attached hydrogen (secondary N) is 1. The minimum Gasteiger partial charge on any atom is -0.450 e. The van der Waals surface area contributed by atoms with Crippen LogP contribution in [0.4, 0.5) is 15.8 Å². The van der Waals surface area contributed by atoms with Gasteiger partial charge in [-0.1, -0.05) is 11.6 Å². The fourth-order valence-electron chi connectivity index (χ4n) is 2.93. The van der Waals surface area contributed by atoms with Crippen LogP contribution >= 0.6 is 11.6 Å². The molecular formula is C21H14ClFN6O4. The number of carbonyl (C=O) groups is 1. The van der Waals surface area contributed by atoms with Crippen molar-refractivity contribution in [3.63, 3.8) is 0 Å². The van der Waals surface area contributed by atoms with Gasteiger partial charge in [-0.05, 0) is 71.9 Å². The quantitative estimate of drug-likeness (QED) is 0.320. The van der Waals surface area contributed by atoms with Gasteiger partial charge in [-0.25, -0.2) is 4.39 Å². The van der Waals surface area contributed by atoms with Gasteiger partial charge in [0.2, 0.25) is 5.75 Å². The summed E-state index contributed by atoms with van der Waals surface area (Å²) in [5.41, 5.74) is 0.348. The molecule has 1 heterocycles.